The number of hydrogen-bond donors (Lipinski definition) is 3. The highest BCUT2D eigenvalue weighted by molar-refractivity contribution is 14.0. The number of rotatable bonds is 6. The fourth-order valence-electron chi connectivity index (χ4n) is 2.68. The van der Waals surface area contributed by atoms with Gasteiger partial charge in [0.25, 0.3) is 0 Å². The third-order valence-corrected chi connectivity index (χ3v) is 3.91. The standard InChI is InChI=1S/C17H26N4O.HI/c1-18-17(21-15-9-5-6-10-15)20-13-16(22)19-12-11-14-7-3-2-4-8-14;/h2-4,7-8,15H,5-6,9-13H2,1H3,(H,19,22)(H2,18,20,21);1H. The minimum Gasteiger partial charge on any atom is -0.354 e. The molecule has 1 fully saturated rings. The molecule has 0 aromatic heterocycles. The predicted octanol–water partition coefficient (Wildman–Crippen LogP) is 2.07. The summed E-state index contributed by atoms with van der Waals surface area (Å²) in [5.74, 6) is 0.704. The van der Waals surface area contributed by atoms with Crippen LogP contribution in [0.3, 0.4) is 0 Å². The Labute approximate surface area is 155 Å². The maximum atomic E-state index is 11.8. The molecule has 0 atom stereocenters. The topological polar surface area (TPSA) is 65.5 Å². The van der Waals surface area contributed by atoms with Crippen molar-refractivity contribution >= 4 is 35.8 Å². The van der Waals surface area contributed by atoms with Gasteiger partial charge in [0.05, 0.1) is 6.54 Å². The fraction of sp³-hybridized carbons (Fsp3) is 0.529. The van der Waals surface area contributed by atoms with Crippen molar-refractivity contribution in [2.24, 2.45) is 4.99 Å². The lowest BCUT2D eigenvalue weighted by atomic mass is 10.1. The Morgan fingerprint density at radius 2 is 1.87 bits per heavy atom. The highest BCUT2D eigenvalue weighted by Gasteiger charge is 2.16. The Morgan fingerprint density at radius 3 is 2.52 bits per heavy atom. The molecule has 0 saturated heterocycles. The van der Waals surface area contributed by atoms with Crippen LogP contribution in [0.15, 0.2) is 35.3 Å². The van der Waals surface area contributed by atoms with Crippen LogP contribution in [-0.2, 0) is 11.2 Å². The van der Waals surface area contributed by atoms with Crippen molar-refractivity contribution in [3.63, 3.8) is 0 Å². The molecule has 1 aromatic rings. The first-order chi connectivity index (χ1) is 10.8. The van der Waals surface area contributed by atoms with Gasteiger partial charge in [-0.1, -0.05) is 43.2 Å². The van der Waals surface area contributed by atoms with E-state index in [0.29, 0.717) is 18.5 Å². The molecule has 2 rings (SSSR count). The van der Waals surface area contributed by atoms with Gasteiger partial charge < -0.3 is 16.0 Å². The Balaban J connectivity index is 0.00000264. The summed E-state index contributed by atoms with van der Waals surface area (Å²) in [5, 5.41) is 9.35. The van der Waals surface area contributed by atoms with Gasteiger partial charge in [-0.2, -0.15) is 0 Å². The van der Waals surface area contributed by atoms with E-state index in [9.17, 15) is 4.79 Å². The van der Waals surface area contributed by atoms with Gasteiger partial charge in [0.2, 0.25) is 5.91 Å². The average Bonchev–Trinajstić information content (AvgIpc) is 3.05. The first kappa shape index (κ1) is 19.7. The van der Waals surface area contributed by atoms with Gasteiger partial charge in [-0.3, -0.25) is 9.79 Å². The zero-order chi connectivity index (χ0) is 15.6. The van der Waals surface area contributed by atoms with Crippen molar-refractivity contribution in [1.29, 1.82) is 0 Å². The summed E-state index contributed by atoms with van der Waals surface area (Å²) < 4.78 is 0. The number of nitrogens with one attached hydrogen (secondary N) is 3. The number of nitrogens with zero attached hydrogens (tertiary/aromatic N) is 1. The molecule has 0 spiro atoms. The van der Waals surface area contributed by atoms with E-state index in [0.717, 1.165) is 6.42 Å². The van der Waals surface area contributed by atoms with Crippen molar-refractivity contribution in [3.05, 3.63) is 35.9 Å². The minimum absolute atomic E-state index is 0. The van der Waals surface area contributed by atoms with Crippen LogP contribution in [0.25, 0.3) is 0 Å². The molecule has 0 radical (unpaired) electrons. The molecule has 1 amide bonds. The molecule has 0 bridgehead atoms. The summed E-state index contributed by atoms with van der Waals surface area (Å²) in [7, 11) is 1.73. The lowest BCUT2D eigenvalue weighted by molar-refractivity contribution is -0.119. The summed E-state index contributed by atoms with van der Waals surface area (Å²) in [4.78, 5) is 16.0. The second kappa shape index (κ2) is 11.3. The molecule has 0 aliphatic heterocycles. The summed E-state index contributed by atoms with van der Waals surface area (Å²) in [5.41, 5.74) is 1.23. The maximum Gasteiger partial charge on any atom is 0.239 e. The number of guanidine groups is 1. The molecule has 23 heavy (non-hydrogen) atoms. The van der Waals surface area contributed by atoms with Crippen molar-refractivity contribution in [3.8, 4) is 0 Å². The van der Waals surface area contributed by atoms with Gasteiger partial charge in [0.1, 0.15) is 0 Å². The number of carbonyl (C=O) groups excluding carboxylic acids is 1. The third kappa shape index (κ3) is 7.67. The quantitative estimate of drug-likeness (QED) is 0.368. The molecule has 3 N–H and O–H groups in total. The normalized spacial score (nSPS) is 14.9. The SMILES string of the molecule is CN=C(NCC(=O)NCCc1ccccc1)NC1CCCC1.I. The molecule has 5 nitrogen and oxygen atoms in total. The zero-order valence-electron chi connectivity index (χ0n) is 13.7. The van der Waals surface area contributed by atoms with Crippen molar-refractivity contribution < 1.29 is 4.79 Å². The number of amides is 1. The summed E-state index contributed by atoms with van der Waals surface area (Å²) in [6.45, 7) is 0.903. The second-order valence-corrected chi connectivity index (χ2v) is 5.64. The number of aliphatic imine (C=N–C) groups is 1. The van der Waals surface area contributed by atoms with Crippen molar-refractivity contribution in [1.82, 2.24) is 16.0 Å². The van der Waals surface area contributed by atoms with E-state index in [4.69, 9.17) is 0 Å². The van der Waals surface area contributed by atoms with Crippen LogP contribution >= 0.6 is 24.0 Å². The van der Waals surface area contributed by atoms with Gasteiger partial charge in [0, 0.05) is 19.6 Å². The van der Waals surface area contributed by atoms with Gasteiger partial charge in [-0.05, 0) is 24.8 Å². The van der Waals surface area contributed by atoms with Crippen LogP contribution in [0.4, 0.5) is 0 Å². The Kier molecular flexibility index (Phi) is 9.66. The number of carbonyl (C=O) groups is 1. The lowest BCUT2D eigenvalue weighted by Crippen LogP contribution is -2.46. The molecule has 0 heterocycles. The lowest BCUT2D eigenvalue weighted by Gasteiger charge is -2.16. The molecule has 0 unspecified atom stereocenters. The van der Waals surface area contributed by atoms with E-state index in [-0.39, 0.29) is 36.4 Å². The summed E-state index contributed by atoms with van der Waals surface area (Å²) >= 11 is 0. The predicted molar refractivity (Wildman–Crippen MR) is 105 cm³/mol. The van der Waals surface area contributed by atoms with Crippen LogP contribution in [0.2, 0.25) is 0 Å². The average molecular weight is 430 g/mol. The Hall–Kier alpha value is -1.31. The molecular weight excluding hydrogens is 403 g/mol. The van der Waals surface area contributed by atoms with Crippen LogP contribution < -0.4 is 16.0 Å². The van der Waals surface area contributed by atoms with Crippen LogP contribution in [0.1, 0.15) is 31.2 Å². The van der Waals surface area contributed by atoms with E-state index >= 15 is 0 Å². The van der Waals surface area contributed by atoms with E-state index in [2.05, 4.69) is 33.1 Å². The monoisotopic (exact) mass is 430 g/mol. The highest BCUT2D eigenvalue weighted by Crippen LogP contribution is 2.17. The van der Waals surface area contributed by atoms with Crippen molar-refractivity contribution in [2.75, 3.05) is 20.1 Å². The molecule has 1 aromatic carbocycles. The maximum absolute atomic E-state index is 11.8. The molecule has 1 saturated carbocycles. The van der Waals surface area contributed by atoms with E-state index in [1.165, 1.54) is 31.2 Å². The third-order valence-electron chi connectivity index (χ3n) is 3.91. The first-order valence-corrected chi connectivity index (χ1v) is 8.06. The van der Waals surface area contributed by atoms with E-state index in [1.54, 1.807) is 7.05 Å². The second-order valence-electron chi connectivity index (χ2n) is 5.64. The molecule has 128 valence electrons. The molecular formula is C17H27IN4O. The molecule has 6 heteroatoms. The number of halogens is 1. The smallest absolute Gasteiger partial charge is 0.239 e. The van der Waals surface area contributed by atoms with E-state index < -0.39 is 0 Å². The van der Waals surface area contributed by atoms with Crippen LogP contribution in [-0.4, -0.2) is 38.0 Å². The molecule has 1 aliphatic rings. The largest absolute Gasteiger partial charge is 0.354 e. The van der Waals surface area contributed by atoms with Crippen LogP contribution in [0, 0.1) is 0 Å². The highest BCUT2D eigenvalue weighted by atomic mass is 127. The number of hydrogen-bond acceptors (Lipinski definition) is 2. The zero-order valence-corrected chi connectivity index (χ0v) is 16.0. The van der Waals surface area contributed by atoms with E-state index in [1.807, 2.05) is 18.2 Å². The van der Waals surface area contributed by atoms with Gasteiger partial charge in [0.15, 0.2) is 5.96 Å². The molecule has 1 aliphatic carbocycles. The van der Waals surface area contributed by atoms with Crippen LogP contribution in [0.5, 0.6) is 0 Å². The van der Waals surface area contributed by atoms with Crippen molar-refractivity contribution in [2.45, 2.75) is 38.1 Å². The minimum atomic E-state index is -0.00898. The van der Waals surface area contributed by atoms with Gasteiger partial charge in [-0.15, -0.1) is 24.0 Å². The Bertz CT molecular complexity index is 487. The van der Waals surface area contributed by atoms with Gasteiger partial charge in [-0.25, -0.2) is 0 Å². The Morgan fingerprint density at radius 1 is 1.17 bits per heavy atom. The van der Waals surface area contributed by atoms with Gasteiger partial charge >= 0.3 is 0 Å². The number of benzene rings is 1. The first-order valence-electron chi connectivity index (χ1n) is 8.06. The summed E-state index contributed by atoms with van der Waals surface area (Å²) in [6, 6.07) is 10.6. The fourth-order valence-corrected chi connectivity index (χ4v) is 2.68. The summed E-state index contributed by atoms with van der Waals surface area (Å²) in [6.07, 6.45) is 5.76.